The van der Waals surface area contributed by atoms with Gasteiger partial charge in [-0.2, -0.15) is 0 Å². The van der Waals surface area contributed by atoms with Crippen LogP contribution in [0.15, 0.2) is 12.2 Å². The maximum absolute atomic E-state index is 9.68. The second-order valence-corrected chi connectivity index (χ2v) is 4.75. The zero-order valence-electron chi connectivity index (χ0n) is 12.0. The van der Waals surface area contributed by atoms with E-state index in [4.69, 9.17) is 10.2 Å². The van der Waals surface area contributed by atoms with Crippen molar-refractivity contribution in [2.75, 3.05) is 14.1 Å². The average molecular weight is 291 g/mol. The number of aliphatic hydroxyl groups is 1. The van der Waals surface area contributed by atoms with Gasteiger partial charge in [0.05, 0.1) is 6.10 Å². The number of aliphatic carboxylic acids is 2. The van der Waals surface area contributed by atoms with Crippen molar-refractivity contribution in [1.29, 1.82) is 0 Å². The number of aliphatic hydroxyl groups excluding tert-OH is 1. The summed E-state index contributed by atoms with van der Waals surface area (Å²) in [6, 6.07) is 0.400. The number of nitrogens with zero attached hydrogens (tertiary/aromatic N) is 1. The van der Waals surface area contributed by atoms with E-state index < -0.39 is 11.9 Å². The summed E-state index contributed by atoms with van der Waals surface area (Å²) in [5.74, 6) is -2.51. The van der Waals surface area contributed by atoms with Crippen molar-refractivity contribution >= 4 is 11.9 Å². The largest absolute Gasteiger partial charge is 0.478 e. The normalized spacial score (nSPS) is 22.4. The topological polar surface area (TPSA) is 130 Å². The van der Waals surface area contributed by atoms with Gasteiger partial charge in [0.2, 0.25) is 0 Å². The van der Waals surface area contributed by atoms with Gasteiger partial charge in [-0.3, -0.25) is 0 Å². The molecule has 0 amide bonds. The molecule has 1 aliphatic rings. The van der Waals surface area contributed by atoms with Crippen molar-refractivity contribution in [1.82, 2.24) is 4.90 Å². The summed E-state index contributed by atoms with van der Waals surface area (Å²) in [4.78, 5) is 21.3. The number of carboxylic acid groups (broad SMARTS) is 2. The van der Waals surface area contributed by atoms with Crippen molar-refractivity contribution in [2.45, 2.75) is 44.2 Å². The molecule has 0 aromatic rings. The van der Waals surface area contributed by atoms with Crippen LogP contribution in [0.1, 0.15) is 32.1 Å². The fourth-order valence-corrected chi connectivity index (χ4v) is 2.01. The molecule has 118 valence electrons. The van der Waals surface area contributed by atoms with Crippen molar-refractivity contribution < 1.29 is 30.4 Å². The lowest BCUT2D eigenvalue weighted by atomic mass is 10.1. The summed E-state index contributed by atoms with van der Waals surface area (Å²) in [5.41, 5.74) is 0. The van der Waals surface area contributed by atoms with E-state index in [1.165, 1.54) is 19.3 Å². The van der Waals surface area contributed by atoms with Crippen molar-refractivity contribution in [3.63, 3.8) is 0 Å². The maximum Gasteiger partial charge on any atom is 0.328 e. The monoisotopic (exact) mass is 291 g/mol. The number of rotatable bonds is 3. The van der Waals surface area contributed by atoms with E-state index in [0.717, 1.165) is 12.8 Å². The third-order valence-corrected chi connectivity index (χ3v) is 2.98. The molecule has 0 aromatic heterocycles. The number of hydrogen-bond acceptors (Lipinski definition) is 4. The molecule has 0 radical (unpaired) electrons. The van der Waals surface area contributed by atoms with E-state index in [1.807, 2.05) is 0 Å². The van der Waals surface area contributed by atoms with Gasteiger partial charge < -0.3 is 25.7 Å². The molecule has 5 N–H and O–H groups in total. The van der Waals surface area contributed by atoms with E-state index >= 15 is 0 Å². The Morgan fingerprint density at radius 1 is 1.00 bits per heavy atom. The summed E-state index contributed by atoms with van der Waals surface area (Å²) in [5, 5.41) is 25.3. The highest BCUT2D eigenvalue weighted by Crippen LogP contribution is 2.20. The summed E-state index contributed by atoms with van der Waals surface area (Å²) < 4.78 is 0. The summed E-state index contributed by atoms with van der Waals surface area (Å²) >= 11 is 0. The van der Waals surface area contributed by atoms with Crippen LogP contribution in [0.5, 0.6) is 0 Å². The Morgan fingerprint density at radius 2 is 1.45 bits per heavy atom. The van der Waals surface area contributed by atoms with Gasteiger partial charge in [-0.25, -0.2) is 9.59 Å². The molecule has 1 aliphatic carbocycles. The first-order valence-electron chi connectivity index (χ1n) is 6.33. The number of carboxylic acids is 2. The molecule has 2 atom stereocenters. The number of hydrogen-bond donors (Lipinski definition) is 3. The second kappa shape index (κ2) is 11.4. The van der Waals surface area contributed by atoms with Crippen LogP contribution < -0.4 is 0 Å². The van der Waals surface area contributed by atoms with Crippen LogP contribution in [0, 0.1) is 0 Å². The molecule has 0 aromatic carbocycles. The highest BCUT2D eigenvalue weighted by molar-refractivity contribution is 5.89. The van der Waals surface area contributed by atoms with E-state index in [2.05, 4.69) is 19.0 Å². The standard InChI is InChI=1S/C9H19NO.C4H4O4.H2O/c1-10(2)8-6-4-3-5-7-9(8)11;5-3(6)1-2-4(7)8;/h8-9,11H,3-7H2,1-2H3;1-2H,(H,5,6)(H,7,8);1H2/b;2-1+;/t8-,9-;;/m0../s1. The second-order valence-electron chi connectivity index (χ2n) is 4.75. The fraction of sp³-hybridized carbons (Fsp3) is 0.692. The van der Waals surface area contributed by atoms with Crippen molar-refractivity contribution in [2.24, 2.45) is 0 Å². The van der Waals surface area contributed by atoms with Crippen LogP contribution >= 0.6 is 0 Å². The van der Waals surface area contributed by atoms with Gasteiger partial charge in [0, 0.05) is 18.2 Å². The first-order chi connectivity index (χ1) is 8.84. The molecule has 1 fully saturated rings. The minimum absolute atomic E-state index is 0. The highest BCUT2D eigenvalue weighted by atomic mass is 16.4. The van der Waals surface area contributed by atoms with Crippen LogP contribution in [-0.4, -0.2) is 63.9 Å². The first-order valence-corrected chi connectivity index (χ1v) is 6.33. The Labute approximate surface area is 118 Å². The Morgan fingerprint density at radius 3 is 1.85 bits per heavy atom. The van der Waals surface area contributed by atoms with E-state index in [1.54, 1.807) is 0 Å². The zero-order chi connectivity index (χ0) is 14.8. The minimum Gasteiger partial charge on any atom is -0.478 e. The third-order valence-electron chi connectivity index (χ3n) is 2.98. The summed E-state index contributed by atoms with van der Waals surface area (Å²) in [6.45, 7) is 0. The lowest BCUT2D eigenvalue weighted by molar-refractivity contribution is -0.134. The lowest BCUT2D eigenvalue weighted by Crippen LogP contribution is -2.37. The smallest absolute Gasteiger partial charge is 0.328 e. The Kier molecular flexibility index (Phi) is 11.9. The Balaban J connectivity index is 0. The van der Waals surface area contributed by atoms with Crippen molar-refractivity contribution in [3.05, 3.63) is 12.2 Å². The average Bonchev–Trinajstić information content (AvgIpc) is 2.52. The molecular formula is C13H25NO6. The fourth-order valence-electron chi connectivity index (χ4n) is 2.01. The number of likely N-dealkylation sites (N-methyl/N-ethyl adjacent to an activating group) is 1. The van der Waals surface area contributed by atoms with Gasteiger partial charge in [0.15, 0.2) is 0 Å². The molecule has 0 aliphatic heterocycles. The van der Waals surface area contributed by atoms with Crippen LogP contribution in [0.3, 0.4) is 0 Å². The molecule has 0 spiro atoms. The SMILES string of the molecule is CN(C)[C@H]1CCCCC[C@@H]1O.O.O=C(O)/C=C/C(=O)O. The van der Waals surface area contributed by atoms with Crippen LogP contribution in [0.25, 0.3) is 0 Å². The van der Waals surface area contributed by atoms with E-state index in [9.17, 15) is 14.7 Å². The Hall–Kier alpha value is -1.44. The van der Waals surface area contributed by atoms with Crippen molar-refractivity contribution in [3.8, 4) is 0 Å². The van der Waals surface area contributed by atoms with E-state index in [0.29, 0.717) is 18.2 Å². The molecule has 20 heavy (non-hydrogen) atoms. The van der Waals surface area contributed by atoms with Crippen LogP contribution in [-0.2, 0) is 9.59 Å². The third kappa shape index (κ3) is 10.5. The molecule has 1 saturated carbocycles. The maximum atomic E-state index is 9.68. The summed E-state index contributed by atoms with van der Waals surface area (Å²) in [7, 11) is 4.11. The molecule has 0 saturated heterocycles. The zero-order valence-corrected chi connectivity index (χ0v) is 12.0. The Bertz CT molecular complexity index is 300. The van der Waals surface area contributed by atoms with Gasteiger partial charge in [0.1, 0.15) is 0 Å². The number of carbonyl (C=O) groups is 2. The van der Waals surface area contributed by atoms with Gasteiger partial charge in [0.25, 0.3) is 0 Å². The van der Waals surface area contributed by atoms with Gasteiger partial charge in [-0.05, 0) is 26.9 Å². The molecule has 0 heterocycles. The molecule has 0 bridgehead atoms. The molecule has 7 heteroatoms. The molecule has 1 rings (SSSR count). The predicted molar refractivity (Wildman–Crippen MR) is 74.6 cm³/mol. The van der Waals surface area contributed by atoms with E-state index in [-0.39, 0.29) is 11.6 Å². The first kappa shape index (κ1) is 20.9. The van der Waals surface area contributed by atoms with Crippen LogP contribution in [0.4, 0.5) is 0 Å². The highest BCUT2D eigenvalue weighted by Gasteiger charge is 2.22. The van der Waals surface area contributed by atoms with Crippen LogP contribution in [0.2, 0.25) is 0 Å². The molecular weight excluding hydrogens is 266 g/mol. The quantitative estimate of drug-likeness (QED) is 0.500. The predicted octanol–water partition coefficient (Wildman–Crippen LogP) is 0.129. The van der Waals surface area contributed by atoms with Gasteiger partial charge in [-0.15, -0.1) is 0 Å². The molecule has 0 unspecified atom stereocenters. The summed E-state index contributed by atoms with van der Waals surface area (Å²) in [6.07, 6.45) is 6.95. The van der Waals surface area contributed by atoms with Gasteiger partial charge >= 0.3 is 11.9 Å². The minimum atomic E-state index is -1.26. The molecule has 7 nitrogen and oxygen atoms in total. The van der Waals surface area contributed by atoms with Gasteiger partial charge in [-0.1, -0.05) is 19.3 Å². The lowest BCUT2D eigenvalue weighted by Gasteiger charge is -2.26.